The first-order valence-electron chi connectivity index (χ1n) is 11.2. The molecule has 9 nitrogen and oxygen atoms in total. The molecule has 1 amide bonds. The van der Waals surface area contributed by atoms with Gasteiger partial charge in [-0.25, -0.2) is 9.97 Å². The number of aryl methyl sites for hydroxylation is 3. The summed E-state index contributed by atoms with van der Waals surface area (Å²) in [5, 5.41) is 11.2. The summed E-state index contributed by atoms with van der Waals surface area (Å²) in [6.07, 6.45) is 8.38. The number of anilines is 1. The Morgan fingerprint density at radius 1 is 1.18 bits per heavy atom. The van der Waals surface area contributed by atoms with Crippen LogP contribution < -0.4 is 5.73 Å². The number of carbonyl (C=O) groups excluding carboxylic acids is 1. The lowest BCUT2D eigenvalue weighted by Crippen LogP contribution is -2.32. The maximum absolute atomic E-state index is 13.6. The van der Waals surface area contributed by atoms with Crippen molar-refractivity contribution >= 4 is 44.9 Å². The van der Waals surface area contributed by atoms with Crippen LogP contribution in [0.25, 0.3) is 32.4 Å². The van der Waals surface area contributed by atoms with E-state index in [4.69, 9.17) is 10.7 Å². The molecule has 0 radical (unpaired) electrons. The van der Waals surface area contributed by atoms with Crippen molar-refractivity contribution in [3.05, 3.63) is 52.9 Å². The molecule has 0 fully saturated rings. The number of hydrogen-bond acceptors (Lipinski definition) is 7. The Bertz CT molecular complexity index is 1580. The number of hydrogen-bond donors (Lipinski definition) is 1. The molecule has 0 saturated carbocycles. The fourth-order valence-corrected chi connectivity index (χ4v) is 6.12. The zero-order chi connectivity index (χ0) is 23.6. The number of thiazole rings is 1. The number of rotatable bonds is 3. The molecule has 1 aromatic carbocycles. The van der Waals surface area contributed by atoms with E-state index in [1.54, 1.807) is 26.9 Å². The number of carbonyl (C=O) groups is 1. The van der Waals surface area contributed by atoms with Crippen LogP contribution in [0.3, 0.4) is 0 Å². The second kappa shape index (κ2) is 7.63. The molecule has 10 heteroatoms. The highest BCUT2D eigenvalue weighted by Gasteiger charge is 2.31. The van der Waals surface area contributed by atoms with E-state index in [0.29, 0.717) is 11.4 Å². The Morgan fingerprint density at radius 3 is 2.82 bits per heavy atom. The van der Waals surface area contributed by atoms with E-state index in [1.807, 2.05) is 56.6 Å². The average Bonchev–Trinajstić information content (AvgIpc) is 3.56. The van der Waals surface area contributed by atoms with Crippen LogP contribution in [0.2, 0.25) is 0 Å². The molecule has 1 aliphatic rings. The molecule has 1 unspecified atom stereocenters. The zero-order valence-electron chi connectivity index (χ0n) is 19.2. The van der Waals surface area contributed by atoms with Gasteiger partial charge in [0.25, 0.3) is 5.91 Å². The number of fused-ring (bicyclic) bond motifs is 4. The third-order valence-electron chi connectivity index (χ3n) is 6.62. The van der Waals surface area contributed by atoms with Gasteiger partial charge in [-0.05, 0) is 37.5 Å². The Balaban J connectivity index is 1.37. The van der Waals surface area contributed by atoms with Gasteiger partial charge in [-0.15, -0.1) is 11.3 Å². The van der Waals surface area contributed by atoms with Crippen molar-refractivity contribution in [1.29, 1.82) is 0 Å². The van der Waals surface area contributed by atoms with Crippen molar-refractivity contribution in [3.63, 3.8) is 0 Å². The van der Waals surface area contributed by atoms with Crippen LogP contribution in [0.15, 0.2) is 36.8 Å². The summed E-state index contributed by atoms with van der Waals surface area (Å²) < 4.78 is 3.56. The van der Waals surface area contributed by atoms with Crippen LogP contribution in [0, 0.1) is 0 Å². The van der Waals surface area contributed by atoms with Crippen molar-refractivity contribution in [2.45, 2.75) is 25.3 Å². The van der Waals surface area contributed by atoms with Crippen LogP contribution in [-0.4, -0.2) is 47.4 Å². The van der Waals surface area contributed by atoms with Crippen LogP contribution in [0.1, 0.15) is 39.8 Å². The zero-order valence-corrected chi connectivity index (χ0v) is 20.0. The predicted octanol–water partition coefficient (Wildman–Crippen LogP) is 3.71. The smallest absolute Gasteiger partial charge is 0.254 e. The molecule has 4 aromatic heterocycles. The lowest BCUT2D eigenvalue weighted by atomic mass is 9.96. The molecular weight excluding hydrogens is 448 g/mol. The SMILES string of the molecule is CN(C(=O)c1ccc2nc(N)c3cnn(C)c3c2c1)C1CCCc2nc(-c3cnn(C)c3)sc21. The molecule has 0 aliphatic heterocycles. The molecule has 4 heterocycles. The topological polar surface area (TPSA) is 108 Å². The van der Waals surface area contributed by atoms with Crippen molar-refractivity contribution in [2.75, 3.05) is 12.8 Å². The van der Waals surface area contributed by atoms with Crippen LogP contribution in [0.5, 0.6) is 0 Å². The van der Waals surface area contributed by atoms with E-state index >= 15 is 0 Å². The van der Waals surface area contributed by atoms with Gasteiger partial charge in [0.05, 0.1) is 45.4 Å². The Morgan fingerprint density at radius 2 is 2.03 bits per heavy atom. The van der Waals surface area contributed by atoms with Crippen molar-refractivity contribution in [1.82, 2.24) is 34.4 Å². The molecule has 6 rings (SSSR count). The van der Waals surface area contributed by atoms with E-state index < -0.39 is 0 Å². The van der Waals surface area contributed by atoms with E-state index in [1.165, 1.54) is 4.88 Å². The summed E-state index contributed by atoms with van der Waals surface area (Å²) in [5.74, 6) is 0.416. The lowest BCUT2D eigenvalue weighted by molar-refractivity contribution is 0.0718. The maximum atomic E-state index is 13.6. The van der Waals surface area contributed by atoms with E-state index in [0.717, 1.165) is 57.3 Å². The van der Waals surface area contributed by atoms with Gasteiger partial charge in [-0.3, -0.25) is 14.2 Å². The summed E-state index contributed by atoms with van der Waals surface area (Å²) in [6, 6.07) is 5.59. The first-order valence-corrected chi connectivity index (χ1v) is 12.0. The monoisotopic (exact) mass is 472 g/mol. The van der Waals surface area contributed by atoms with Gasteiger partial charge in [-0.2, -0.15) is 10.2 Å². The minimum absolute atomic E-state index is 0.00358. The third-order valence-corrected chi connectivity index (χ3v) is 7.86. The Kier molecular flexibility index (Phi) is 4.66. The van der Waals surface area contributed by atoms with Crippen LogP contribution in [0.4, 0.5) is 5.82 Å². The molecule has 0 saturated heterocycles. The largest absolute Gasteiger partial charge is 0.383 e. The minimum atomic E-state index is -0.0248. The maximum Gasteiger partial charge on any atom is 0.254 e. The highest BCUT2D eigenvalue weighted by Crippen LogP contribution is 2.41. The summed E-state index contributed by atoms with van der Waals surface area (Å²) in [6.45, 7) is 0. The number of aromatic nitrogens is 6. The minimum Gasteiger partial charge on any atom is -0.383 e. The highest BCUT2D eigenvalue weighted by atomic mass is 32.1. The molecule has 1 atom stereocenters. The Labute approximate surface area is 199 Å². The molecule has 1 aliphatic carbocycles. The van der Waals surface area contributed by atoms with Gasteiger partial charge in [-0.1, -0.05) is 0 Å². The second-order valence-electron chi connectivity index (χ2n) is 8.82. The van der Waals surface area contributed by atoms with Crippen LogP contribution >= 0.6 is 11.3 Å². The first-order chi connectivity index (χ1) is 16.4. The first kappa shape index (κ1) is 20.8. The quantitative estimate of drug-likeness (QED) is 0.429. The number of amides is 1. The van der Waals surface area contributed by atoms with Crippen molar-refractivity contribution < 1.29 is 4.79 Å². The van der Waals surface area contributed by atoms with E-state index in [9.17, 15) is 4.79 Å². The number of nitrogens with two attached hydrogens (primary N) is 1. The summed E-state index contributed by atoms with van der Waals surface area (Å²) in [5.41, 5.74) is 10.5. The average molecular weight is 473 g/mol. The lowest BCUT2D eigenvalue weighted by Gasteiger charge is -2.30. The molecule has 0 spiro atoms. The van der Waals surface area contributed by atoms with Crippen molar-refractivity contribution in [2.24, 2.45) is 14.1 Å². The van der Waals surface area contributed by atoms with Gasteiger partial charge in [0, 0.05) is 43.9 Å². The second-order valence-corrected chi connectivity index (χ2v) is 9.85. The number of benzene rings is 1. The standard InChI is InChI=1S/C24H24N8OS/c1-30-12-14(10-26-30)23-29-18-5-4-6-19(21(18)34-23)31(2)24(33)13-7-8-17-15(9-13)20-16(22(25)28-17)11-27-32(20)3/h7-12,19H,4-6H2,1-3H3,(H2,25,28). The fraction of sp³-hybridized carbons (Fsp3) is 0.292. The van der Waals surface area contributed by atoms with Gasteiger partial charge in [0.15, 0.2) is 0 Å². The molecule has 172 valence electrons. The summed E-state index contributed by atoms with van der Waals surface area (Å²) in [7, 11) is 5.66. The fourth-order valence-electron chi connectivity index (χ4n) is 4.86. The summed E-state index contributed by atoms with van der Waals surface area (Å²) >= 11 is 1.67. The third kappa shape index (κ3) is 3.17. The molecular formula is C24H24N8OS. The predicted molar refractivity (Wildman–Crippen MR) is 133 cm³/mol. The molecule has 34 heavy (non-hydrogen) atoms. The van der Waals surface area contributed by atoms with Gasteiger partial charge < -0.3 is 10.6 Å². The number of nitrogens with zero attached hydrogens (tertiary/aromatic N) is 7. The van der Waals surface area contributed by atoms with Gasteiger partial charge >= 0.3 is 0 Å². The highest BCUT2D eigenvalue weighted by molar-refractivity contribution is 7.15. The van der Waals surface area contributed by atoms with Gasteiger partial charge in [0.1, 0.15) is 10.8 Å². The normalized spacial score (nSPS) is 15.7. The summed E-state index contributed by atoms with van der Waals surface area (Å²) in [4.78, 5) is 26.0. The molecule has 2 N–H and O–H groups in total. The van der Waals surface area contributed by atoms with E-state index in [-0.39, 0.29) is 11.9 Å². The number of pyridine rings is 1. The number of nitrogen functional groups attached to an aromatic ring is 1. The molecule has 5 aromatic rings. The van der Waals surface area contributed by atoms with Crippen molar-refractivity contribution in [3.8, 4) is 10.6 Å². The molecule has 0 bridgehead atoms. The van der Waals surface area contributed by atoms with Gasteiger partial charge in [0.2, 0.25) is 0 Å². The van der Waals surface area contributed by atoms with Crippen LogP contribution in [-0.2, 0) is 20.5 Å². The van der Waals surface area contributed by atoms with E-state index in [2.05, 4.69) is 15.2 Å². The Hall–Kier alpha value is -3.79.